The van der Waals surface area contributed by atoms with E-state index in [1.807, 2.05) is 36.2 Å². The quantitative estimate of drug-likeness (QED) is 0.797. The predicted octanol–water partition coefficient (Wildman–Crippen LogP) is 2.31. The molecule has 0 spiro atoms. The zero-order valence-corrected chi connectivity index (χ0v) is 13.5. The molecule has 2 aromatic rings. The maximum Gasteiger partial charge on any atom is 0.234 e. The van der Waals surface area contributed by atoms with Gasteiger partial charge in [0.15, 0.2) is 0 Å². The van der Waals surface area contributed by atoms with Crippen LogP contribution in [0.4, 0.5) is 0 Å². The Hall–Kier alpha value is -2.58. The van der Waals surface area contributed by atoms with Gasteiger partial charge in [0.05, 0.1) is 26.1 Å². The van der Waals surface area contributed by atoms with E-state index in [-0.39, 0.29) is 5.91 Å². The number of carbonyl (C=O) groups is 1. The molecule has 1 N–H and O–H groups in total. The van der Waals surface area contributed by atoms with E-state index in [9.17, 15) is 4.79 Å². The lowest BCUT2D eigenvalue weighted by atomic mass is 10.1. The Balaban J connectivity index is 1.95. The van der Waals surface area contributed by atoms with E-state index >= 15 is 0 Å². The van der Waals surface area contributed by atoms with Crippen molar-refractivity contribution >= 4 is 16.7 Å². The number of fused-ring (bicyclic) bond motifs is 1. The van der Waals surface area contributed by atoms with Crippen LogP contribution < -0.4 is 10.1 Å². The summed E-state index contributed by atoms with van der Waals surface area (Å²) in [6.07, 6.45) is 0.337. The van der Waals surface area contributed by atoms with E-state index in [2.05, 4.69) is 23.5 Å². The number of hydrogen-bond donors (Lipinski definition) is 1. The highest BCUT2D eigenvalue weighted by Crippen LogP contribution is 2.22. The fourth-order valence-electron chi connectivity index (χ4n) is 2.43. The monoisotopic (exact) mass is 311 g/mol. The number of ether oxygens (including phenoxy) is 1. The van der Waals surface area contributed by atoms with Crippen LogP contribution in [0.15, 0.2) is 36.4 Å². The molecular weight excluding hydrogens is 290 g/mol. The summed E-state index contributed by atoms with van der Waals surface area (Å²) in [5, 5.41) is 13.5. The maximum atomic E-state index is 11.7. The number of hydrogen-bond acceptors (Lipinski definition) is 4. The molecule has 0 atom stereocenters. The van der Waals surface area contributed by atoms with E-state index in [0.717, 1.165) is 22.1 Å². The van der Waals surface area contributed by atoms with Gasteiger partial charge < -0.3 is 10.1 Å². The molecule has 0 saturated heterocycles. The van der Waals surface area contributed by atoms with Crippen molar-refractivity contribution < 1.29 is 9.53 Å². The molecule has 2 rings (SSSR count). The van der Waals surface area contributed by atoms with Crippen LogP contribution in [-0.2, 0) is 11.3 Å². The summed E-state index contributed by atoms with van der Waals surface area (Å²) < 4.78 is 5.23. The van der Waals surface area contributed by atoms with Crippen LogP contribution in [0.1, 0.15) is 12.0 Å². The van der Waals surface area contributed by atoms with Crippen molar-refractivity contribution in [2.75, 3.05) is 27.2 Å². The standard InChI is InChI=1S/C18H21N3O2/c1-21(13-18(22)20-9-3-8-19)12-14-4-5-16-11-17(23-2)7-6-15(16)10-14/h4-7,10-11H,3,9,12-13H2,1-2H3,(H,20,22). The minimum Gasteiger partial charge on any atom is -0.497 e. The summed E-state index contributed by atoms with van der Waals surface area (Å²) >= 11 is 0. The van der Waals surface area contributed by atoms with Crippen LogP contribution in [0.2, 0.25) is 0 Å². The van der Waals surface area contributed by atoms with E-state index in [4.69, 9.17) is 10.00 Å². The number of nitriles is 1. The largest absolute Gasteiger partial charge is 0.497 e. The number of rotatable bonds is 7. The maximum absolute atomic E-state index is 11.7. The van der Waals surface area contributed by atoms with Gasteiger partial charge in [0.1, 0.15) is 5.75 Å². The number of nitrogens with zero attached hydrogens (tertiary/aromatic N) is 2. The fraction of sp³-hybridized carbons (Fsp3) is 0.333. The number of carbonyl (C=O) groups excluding carboxylic acids is 1. The van der Waals surface area contributed by atoms with Crippen molar-refractivity contribution in [2.24, 2.45) is 0 Å². The van der Waals surface area contributed by atoms with Crippen LogP contribution in [0, 0.1) is 11.3 Å². The van der Waals surface area contributed by atoms with Gasteiger partial charge >= 0.3 is 0 Å². The van der Waals surface area contributed by atoms with Crippen LogP contribution in [0.25, 0.3) is 10.8 Å². The van der Waals surface area contributed by atoms with E-state index in [0.29, 0.717) is 26.1 Å². The van der Waals surface area contributed by atoms with Crippen molar-refractivity contribution in [2.45, 2.75) is 13.0 Å². The fourth-order valence-corrected chi connectivity index (χ4v) is 2.43. The van der Waals surface area contributed by atoms with Gasteiger partial charge in [-0.05, 0) is 41.6 Å². The molecule has 23 heavy (non-hydrogen) atoms. The minimum atomic E-state index is -0.0618. The molecule has 2 aromatic carbocycles. The third kappa shape index (κ3) is 4.97. The Kier molecular flexibility index (Phi) is 5.95. The molecule has 0 aromatic heterocycles. The smallest absolute Gasteiger partial charge is 0.234 e. The normalized spacial score (nSPS) is 10.5. The van der Waals surface area contributed by atoms with Gasteiger partial charge in [0.2, 0.25) is 5.91 Å². The third-order valence-electron chi connectivity index (χ3n) is 3.54. The lowest BCUT2D eigenvalue weighted by Gasteiger charge is -2.16. The van der Waals surface area contributed by atoms with Crippen molar-refractivity contribution in [3.8, 4) is 11.8 Å². The first-order valence-electron chi connectivity index (χ1n) is 7.51. The summed E-state index contributed by atoms with van der Waals surface area (Å²) in [7, 11) is 3.56. The first kappa shape index (κ1) is 16.8. The number of nitrogens with one attached hydrogen (secondary N) is 1. The predicted molar refractivity (Wildman–Crippen MR) is 90.1 cm³/mol. The van der Waals surface area contributed by atoms with Crippen molar-refractivity contribution in [3.63, 3.8) is 0 Å². The molecule has 5 nitrogen and oxygen atoms in total. The van der Waals surface area contributed by atoms with Gasteiger partial charge in [-0.2, -0.15) is 5.26 Å². The highest BCUT2D eigenvalue weighted by atomic mass is 16.5. The summed E-state index contributed by atoms with van der Waals surface area (Å²) in [5.74, 6) is 0.782. The summed E-state index contributed by atoms with van der Waals surface area (Å²) in [6.45, 7) is 1.40. The topological polar surface area (TPSA) is 65.4 Å². The van der Waals surface area contributed by atoms with Gasteiger partial charge in [-0.3, -0.25) is 9.69 Å². The van der Waals surface area contributed by atoms with E-state index in [1.165, 1.54) is 0 Å². The zero-order valence-electron chi connectivity index (χ0n) is 13.5. The number of benzene rings is 2. The Morgan fingerprint density at radius 1 is 1.26 bits per heavy atom. The van der Waals surface area contributed by atoms with Crippen LogP contribution >= 0.6 is 0 Å². The van der Waals surface area contributed by atoms with Crippen LogP contribution in [0.3, 0.4) is 0 Å². The van der Waals surface area contributed by atoms with Gasteiger partial charge in [-0.1, -0.05) is 18.2 Å². The molecule has 1 amide bonds. The molecule has 0 aliphatic rings. The summed E-state index contributed by atoms with van der Waals surface area (Å²) in [4.78, 5) is 13.7. The lowest BCUT2D eigenvalue weighted by molar-refractivity contribution is -0.122. The Morgan fingerprint density at radius 2 is 2.00 bits per heavy atom. The van der Waals surface area contributed by atoms with Crippen molar-refractivity contribution in [1.82, 2.24) is 10.2 Å². The minimum absolute atomic E-state index is 0.0618. The first-order valence-corrected chi connectivity index (χ1v) is 7.51. The zero-order chi connectivity index (χ0) is 16.7. The average molecular weight is 311 g/mol. The number of methoxy groups -OCH3 is 1. The number of likely N-dealkylation sites (N-methyl/N-ethyl adjacent to an activating group) is 1. The molecule has 5 heteroatoms. The second-order valence-electron chi connectivity index (χ2n) is 5.48. The van der Waals surface area contributed by atoms with Gasteiger partial charge in [0.25, 0.3) is 0 Å². The first-order chi connectivity index (χ1) is 11.1. The second-order valence-corrected chi connectivity index (χ2v) is 5.48. The van der Waals surface area contributed by atoms with E-state index < -0.39 is 0 Å². The Morgan fingerprint density at radius 3 is 2.74 bits per heavy atom. The molecule has 0 aliphatic carbocycles. The Bertz CT molecular complexity index is 722. The molecule has 0 fully saturated rings. The molecule has 0 heterocycles. The molecule has 0 unspecified atom stereocenters. The number of amides is 1. The highest BCUT2D eigenvalue weighted by molar-refractivity contribution is 5.84. The Labute approximate surface area is 136 Å². The van der Waals surface area contributed by atoms with Crippen LogP contribution in [-0.4, -0.2) is 38.1 Å². The van der Waals surface area contributed by atoms with Gasteiger partial charge in [-0.25, -0.2) is 0 Å². The molecule has 0 bridgehead atoms. The van der Waals surface area contributed by atoms with Crippen molar-refractivity contribution in [1.29, 1.82) is 5.26 Å². The van der Waals surface area contributed by atoms with Gasteiger partial charge in [-0.15, -0.1) is 0 Å². The molecule has 0 aliphatic heterocycles. The second kappa shape index (κ2) is 8.16. The summed E-state index contributed by atoms with van der Waals surface area (Å²) in [6, 6.07) is 14.2. The molecule has 120 valence electrons. The third-order valence-corrected chi connectivity index (χ3v) is 3.54. The summed E-state index contributed by atoms with van der Waals surface area (Å²) in [5.41, 5.74) is 1.15. The van der Waals surface area contributed by atoms with E-state index in [1.54, 1.807) is 7.11 Å². The average Bonchev–Trinajstić information content (AvgIpc) is 2.54. The van der Waals surface area contributed by atoms with Crippen LogP contribution in [0.5, 0.6) is 5.75 Å². The SMILES string of the molecule is COc1ccc2cc(CN(C)CC(=O)NCCC#N)ccc2c1. The molecular formula is C18H21N3O2. The highest BCUT2D eigenvalue weighted by Gasteiger charge is 2.07. The molecule has 0 saturated carbocycles. The molecule has 0 radical (unpaired) electrons. The van der Waals surface area contributed by atoms with Gasteiger partial charge in [0, 0.05) is 13.1 Å². The van der Waals surface area contributed by atoms with Crippen molar-refractivity contribution in [3.05, 3.63) is 42.0 Å². The lowest BCUT2D eigenvalue weighted by Crippen LogP contribution is -2.35.